The summed E-state index contributed by atoms with van der Waals surface area (Å²) in [6.07, 6.45) is 8.00. The number of amides is 2. The highest BCUT2D eigenvalue weighted by atomic mass is 16.2. The fourth-order valence-corrected chi connectivity index (χ4v) is 3.10. The minimum absolute atomic E-state index is 0.244. The van der Waals surface area contributed by atoms with Crippen LogP contribution in [0.5, 0.6) is 0 Å². The van der Waals surface area contributed by atoms with Gasteiger partial charge in [-0.2, -0.15) is 0 Å². The zero-order valence-electron chi connectivity index (χ0n) is 15.8. The van der Waals surface area contributed by atoms with E-state index < -0.39 is 0 Å². The lowest BCUT2D eigenvalue weighted by Gasteiger charge is -2.15. The van der Waals surface area contributed by atoms with Gasteiger partial charge in [0.05, 0.1) is 23.5 Å². The molecule has 2 aromatic heterocycles. The van der Waals surface area contributed by atoms with Gasteiger partial charge in [-0.1, -0.05) is 12.1 Å². The summed E-state index contributed by atoms with van der Waals surface area (Å²) in [5.74, 6) is 2.69. The van der Waals surface area contributed by atoms with Gasteiger partial charge in [0.2, 0.25) is 0 Å². The molecule has 2 amide bonds. The lowest BCUT2D eigenvalue weighted by molar-refractivity contribution is 0.254. The van der Waals surface area contributed by atoms with E-state index in [4.69, 9.17) is 6.42 Å². The third-order valence-electron chi connectivity index (χ3n) is 4.56. The highest BCUT2D eigenvalue weighted by Gasteiger charge is 2.12. The molecule has 0 aliphatic heterocycles. The number of pyridine rings is 1. The first-order valence-electron chi connectivity index (χ1n) is 8.76. The Morgan fingerprint density at radius 1 is 1.22 bits per heavy atom. The van der Waals surface area contributed by atoms with Crippen molar-refractivity contribution in [3.05, 3.63) is 59.0 Å². The van der Waals surface area contributed by atoms with Gasteiger partial charge in [0.25, 0.3) is 0 Å². The second-order valence-corrected chi connectivity index (χ2v) is 6.30. The maximum atomic E-state index is 11.7. The van der Waals surface area contributed by atoms with Crippen LogP contribution < -0.4 is 16.0 Å². The molecular formula is C21H23N5O. The second kappa shape index (κ2) is 7.83. The van der Waals surface area contributed by atoms with E-state index in [2.05, 4.69) is 26.9 Å². The van der Waals surface area contributed by atoms with E-state index in [0.29, 0.717) is 13.0 Å². The molecule has 2 heterocycles. The lowest BCUT2D eigenvalue weighted by Crippen LogP contribution is -2.25. The first-order valence-corrected chi connectivity index (χ1v) is 8.76. The molecule has 0 saturated heterocycles. The molecule has 3 aromatic rings. The van der Waals surface area contributed by atoms with Crippen LogP contribution in [-0.2, 0) is 13.0 Å². The first kappa shape index (κ1) is 18.3. The average Bonchev–Trinajstić information content (AvgIpc) is 2.98. The predicted molar refractivity (Wildman–Crippen MR) is 109 cm³/mol. The molecule has 0 atom stereocenters. The number of imidazole rings is 1. The highest BCUT2D eigenvalue weighted by Crippen LogP contribution is 2.24. The molecule has 0 fully saturated rings. The van der Waals surface area contributed by atoms with Gasteiger partial charge in [0.15, 0.2) is 5.65 Å². The molecular weight excluding hydrogens is 338 g/mol. The number of urea groups is 1. The Bertz CT molecular complexity index is 1030. The summed E-state index contributed by atoms with van der Waals surface area (Å²) in [7, 11) is 1.60. The molecule has 138 valence electrons. The Morgan fingerprint density at radius 2 is 2.00 bits per heavy atom. The van der Waals surface area contributed by atoms with E-state index in [1.165, 1.54) is 0 Å². The Labute approximate surface area is 159 Å². The van der Waals surface area contributed by atoms with Crippen molar-refractivity contribution in [2.75, 3.05) is 17.7 Å². The van der Waals surface area contributed by atoms with Crippen LogP contribution in [-0.4, -0.2) is 22.5 Å². The van der Waals surface area contributed by atoms with Gasteiger partial charge < -0.3 is 20.4 Å². The molecule has 0 aliphatic rings. The third kappa shape index (κ3) is 3.72. The molecule has 1 aromatic carbocycles. The fraction of sp³-hybridized carbons (Fsp3) is 0.238. The van der Waals surface area contributed by atoms with Crippen LogP contribution in [0.25, 0.3) is 5.65 Å². The number of carbonyl (C=O) groups excluding carboxylic acids is 1. The van der Waals surface area contributed by atoms with Crippen molar-refractivity contribution in [3.8, 4) is 12.3 Å². The minimum Gasteiger partial charge on any atom is -0.378 e. The number of terminal acetylenes is 1. The summed E-state index contributed by atoms with van der Waals surface area (Å²) in [6.45, 7) is 4.55. The summed E-state index contributed by atoms with van der Waals surface area (Å²) < 4.78 is 2.03. The number of aryl methyl sites for hydroxylation is 2. The Kier molecular flexibility index (Phi) is 5.32. The number of hydrogen-bond acceptors (Lipinski definition) is 3. The highest BCUT2D eigenvalue weighted by molar-refractivity contribution is 5.90. The number of anilines is 2. The van der Waals surface area contributed by atoms with Crippen molar-refractivity contribution in [3.63, 3.8) is 0 Å². The van der Waals surface area contributed by atoms with Gasteiger partial charge in [0.1, 0.15) is 0 Å². The summed E-state index contributed by atoms with van der Waals surface area (Å²) in [5.41, 5.74) is 6.61. The van der Waals surface area contributed by atoms with E-state index in [1.54, 1.807) is 7.05 Å². The van der Waals surface area contributed by atoms with Crippen LogP contribution in [0.2, 0.25) is 0 Å². The lowest BCUT2D eigenvalue weighted by atomic mass is 10.1. The summed E-state index contributed by atoms with van der Waals surface area (Å²) in [5, 5.41) is 8.90. The Hall–Kier alpha value is -3.46. The molecule has 0 spiro atoms. The molecule has 0 aliphatic carbocycles. The number of nitrogens with one attached hydrogen (secondary N) is 3. The monoisotopic (exact) mass is 361 g/mol. The smallest absolute Gasteiger partial charge is 0.318 e. The van der Waals surface area contributed by atoms with Crippen molar-refractivity contribution < 1.29 is 4.79 Å². The van der Waals surface area contributed by atoms with E-state index in [-0.39, 0.29) is 6.03 Å². The molecule has 3 rings (SSSR count). The maximum absolute atomic E-state index is 11.7. The third-order valence-corrected chi connectivity index (χ3v) is 4.56. The van der Waals surface area contributed by atoms with Crippen LogP contribution in [0.15, 0.2) is 36.5 Å². The summed E-state index contributed by atoms with van der Waals surface area (Å²) in [4.78, 5) is 16.4. The van der Waals surface area contributed by atoms with Crippen LogP contribution in [0.4, 0.5) is 16.2 Å². The zero-order valence-corrected chi connectivity index (χ0v) is 15.8. The summed E-state index contributed by atoms with van der Waals surface area (Å²) >= 11 is 0. The quantitative estimate of drug-likeness (QED) is 0.609. The summed E-state index contributed by atoms with van der Waals surface area (Å²) in [6, 6.07) is 9.56. The molecule has 0 bridgehead atoms. The van der Waals surface area contributed by atoms with Crippen LogP contribution >= 0.6 is 0 Å². The normalized spacial score (nSPS) is 10.4. The van der Waals surface area contributed by atoms with Gasteiger partial charge >= 0.3 is 6.03 Å². The Balaban J connectivity index is 1.91. The number of nitrogens with zero attached hydrogens (tertiary/aromatic N) is 2. The molecule has 6 nitrogen and oxygen atoms in total. The zero-order chi connectivity index (χ0) is 19.4. The van der Waals surface area contributed by atoms with Crippen molar-refractivity contribution in [1.29, 1.82) is 0 Å². The van der Waals surface area contributed by atoms with Crippen molar-refractivity contribution >= 4 is 23.1 Å². The largest absolute Gasteiger partial charge is 0.378 e. The first-order chi connectivity index (χ1) is 13.0. The van der Waals surface area contributed by atoms with Gasteiger partial charge in [0, 0.05) is 25.5 Å². The topological polar surface area (TPSA) is 70.5 Å². The van der Waals surface area contributed by atoms with Gasteiger partial charge in [-0.05, 0) is 43.2 Å². The fourth-order valence-electron chi connectivity index (χ4n) is 3.10. The predicted octanol–water partition coefficient (Wildman–Crippen LogP) is 3.49. The SMILES string of the molecule is C#CCc1c(C)nc2c(NCc3c(C)cccc3NC(=O)NC)cccn12. The number of carbonyl (C=O) groups is 1. The standard InChI is InChI=1S/C21H23N5O/c1-5-8-19-15(3)24-20-18(11-7-12-26(19)20)23-13-16-14(2)9-6-10-17(16)25-21(27)22-4/h1,6-7,9-12,23H,8,13H2,2-4H3,(H2,22,25,27). The van der Waals surface area contributed by atoms with Crippen LogP contribution in [0.3, 0.4) is 0 Å². The van der Waals surface area contributed by atoms with Gasteiger partial charge in [-0.15, -0.1) is 12.3 Å². The van der Waals surface area contributed by atoms with Gasteiger partial charge in [-0.25, -0.2) is 9.78 Å². The van der Waals surface area contributed by atoms with Crippen molar-refractivity contribution in [2.24, 2.45) is 0 Å². The molecule has 6 heteroatoms. The average molecular weight is 361 g/mol. The number of fused-ring (bicyclic) bond motifs is 1. The van der Waals surface area contributed by atoms with Gasteiger partial charge in [-0.3, -0.25) is 0 Å². The number of hydrogen-bond donors (Lipinski definition) is 3. The number of rotatable bonds is 5. The van der Waals surface area contributed by atoms with E-state index in [1.807, 2.05) is 54.8 Å². The molecule has 0 radical (unpaired) electrons. The van der Waals surface area contributed by atoms with Crippen molar-refractivity contribution in [1.82, 2.24) is 14.7 Å². The number of aromatic nitrogens is 2. The van der Waals surface area contributed by atoms with Crippen LogP contribution in [0, 0.1) is 26.2 Å². The maximum Gasteiger partial charge on any atom is 0.318 e. The number of benzene rings is 1. The van der Waals surface area contributed by atoms with Crippen molar-refractivity contribution in [2.45, 2.75) is 26.8 Å². The second-order valence-electron chi connectivity index (χ2n) is 6.30. The molecule has 3 N–H and O–H groups in total. The van der Waals surface area contributed by atoms with E-state index in [0.717, 1.165) is 39.5 Å². The molecule has 0 unspecified atom stereocenters. The van der Waals surface area contributed by atoms with Crippen LogP contribution in [0.1, 0.15) is 22.5 Å². The Morgan fingerprint density at radius 3 is 2.74 bits per heavy atom. The minimum atomic E-state index is -0.244. The van der Waals surface area contributed by atoms with E-state index in [9.17, 15) is 4.79 Å². The van der Waals surface area contributed by atoms with E-state index >= 15 is 0 Å². The molecule has 27 heavy (non-hydrogen) atoms. The molecule has 0 saturated carbocycles.